The quantitative estimate of drug-likeness (QED) is 0.649. The van der Waals surface area contributed by atoms with Crippen molar-refractivity contribution in [2.45, 2.75) is 19.4 Å². The number of hydrogen-bond donors (Lipinski definition) is 2. The zero-order valence-corrected chi connectivity index (χ0v) is 8.33. The van der Waals surface area contributed by atoms with Gasteiger partial charge in [-0.3, -0.25) is 4.68 Å². The van der Waals surface area contributed by atoms with E-state index in [-0.39, 0.29) is 6.04 Å². The molecule has 0 aliphatic heterocycles. The van der Waals surface area contributed by atoms with Crippen LogP contribution in [0.15, 0.2) is 12.4 Å². The highest BCUT2D eigenvalue weighted by molar-refractivity contribution is 5.09. The lowest BCUT2D eigenvalue weighted by Gasteiger charge is -2.09. The number of hydrogen-bond acceptors (Lipinski definition) is 3. The van der Waals surface area contributed by atoms with E-state index in [2.05, 4.69) is 17.3 Å². The molecule has 13 heavy (non-hydrogen) atoms. The smallest absolute Gasteiger partial charge is 0.0537 e. The first-order valence-electron chi connectivity index (χ1n) is 4.69. The van der Waals surface area contributed by atoms with Crippen LogP contribution in [-0.2, 0) is 7.05 Å². The second-order valence-corrected chi connectivity index (χ2v) is 3.26. The molecule has 4 nitrogen and oxygen atoms in total. The third-order valence-corrected chi connectivity index (χ3v) is 1.94. The average Bonchev–Trinajstić information content (AvgIpc) is 2.52. The fraction of sp³-hybridized carbons (Fsp3) is 0.667. The van der Waals surface area contributed by atoms with Gasteiger partial charge in [0, 0.05) is 31.4 Å². The van der Waals surface area contributed by atoms with Gasteiger partial charge in [0.1, 0.15) is 0 Å². The van der Waals surface area contributed by atoms with Crippen LogP contribution in [0.3, 0.4) is 0 Å². The molecule has 4 heteroatoms. The Bertz CT molecular complexity index is 244. The fourth-order valence-electron chi connectivity index (χ4n) is 1.18. The lowest BCUT2D eigenvalue weighted by molar-refractivity contribution is 0.593. The summed E-state index contributed by atoms with van der Waals surface area (Å²) in [4.78, 5) is 0. The molecule has 3 N–H and O–H groups in total. The molecule has 0 amide bonds. The molecule has 0 saturated carbocycles. The third kappa shape index (κ3) is 3.16. The molecule has 0 aromatic carbocycles. The van der Waals surface area contributed by atoms with Gasteiger partial charge in [-0.25, -0.2) is 0 Å². The SMILES string of the molecule is CCCNCC(N)c1cnn(C)c1. The summed E-state index contributed by atoms with van der Waals surface area (Å²) in [6, 6.07) is 0.0558. The summed E-state index contributed by atoms with van der Waals surface area (Å²) in [5, 5.41) is 7.36. The maximum Gasteiger partial charge on any atom is 0.0537 e. The maximum absolute atomic E-state index is 5.93. The standard InChI is InChI=1S/C9H18N4/c1-3-4-11-6-9(10)8-5-12-13(2)7-8/h5,7,9,11H,3-4,6,10H2,1-2H3. The molecule has 1 aromatic rings. The molecular formula is C9H18N4. The number of aryl methyl sites for hydroxylation is 1. The zero-order valence-electron chi connectivity index (χ0n) is 8.33. The van der Waals surface area contributed by atoms with Crippen molar-refractivity contribution in [2.75, 3.05) is 13.1 Å². The number of aromatic nitrogens is 2. The molecule has 1 rings (SSSR count). The summed E-state index contributed by atoms with van der Waals surface area (Å²) >= 11 is 0. The lowest BCUT2D eigenvalue weighted by atomic mass is 10.2. The predicted molar refractivity (Wildman–Crippen MR) is 53.3 cm³/mol. The van der Waals surface area contributed by atoms with Crippen LogP contribution in [0.2, 0.25) is 0 Å². The van der Waals surface area contributed by atoms with Crippen molar-refractivity contribution in [1.29, 1.82) is 0 Å². The molecule has 0 radical (unpaired) electrons. The molecule has 0 bridgehead atoms. The van der Waals surface area contributed by atoms with Crippen LogP contribution in [0.1, 0.15) is 24.9 Å². The largest absolute Gasteiger partial charge is 0.323 e. The van der Waals surface area contributed by atoms with E-state index >= 15 is 0 Å². The maximum atomic E-state index is 5.93. The number of rotatable bonds is 5. The van der Waals surface area contributed by atoms with Crippen LogP contribution in [0, 0.1) is 0 Å². The molecule has 0 aliphatic rings. The Hall–Kier alpha value is -0.870. The molecule has 0 fully saturated rings. The van der Waals surface area contributed by atoms with Crippen molar-refractivity contribution in [2.24, 2.45) is 12.8 Å². The topological polar surface area (TPSA) is 55.9 Å². The summed E-state index contributed by atoms with van der Waals surface area (Å²) < 4.78 is 1.77. The normalized spacial score (nSPS) is 13.2. The summed E-state index contributed by atoms with van der Waals surface area (Å²) in [5.74, 6) is 0. The van der Waals surface area contributed by atoms with Gasteiger partial charge in [0.25, 0.3) is 0 Å². The van der Waals surface area contributed by atoms with Crippen LogP contribution in [0.5, 0.6) is 0 Å². The first kappa shape index (κ1) is 10.2. The molecule has 1 aromatic heterocycles. The Morgan fingerprint density at radius 3 is 3.00 bits per heavy atom. The lowest BCUT2D eigenvalue weighted by Crippen LogP contribution is -2.27. The van der Waals surface area contributed by atoms with Crippen LogP contribution in [0.25, 0.3) is 0 Å². The zero-order chi connectivity index (χ0) is 9.68. The van der Waals surface area contributed by atoms with E-state index in [1.54, 1.807) is 4.68 Å². The highest BCUT2D eigenvalue weighted by Gasteiger charge is 2.06. The summed E-state index contributed by atoms with van der Waals surface area (Å²) in [6.07, 6.45) is 4.91. The molecule has 1 heterocycles. The number of nitrogens with two attached hydrogens (primary N) is 1. The molecular weight excluding hydrogens is 164 g/mol. The van der Waals surface area contributed by atoms with Crippen molar-refractivity contribution in [1.82, 2.24) is 15.1 Å². The predicted octanol–water partition coefficient (Wildman–Crippen LogP) is 0.420. The minimum atomic E-state index is 0.0558. The van der Waals surface area contributed by atoms with E-state index in [0.717, 1.165) is 25.1 Å². The van der Waals surface area contributed by atoms with E-state index in [1.165, 1.54) is 0 Å². The molecule has 1 unspecified atom stereocenters. The van der Waals surface area contributed by atoms with E-state index in [4.69, 9.17) is 5.73 Å². The fourth-order valence-corrected chi connectivity index (χ4v) is 1.18. The Morgan fingerprint density at radius 2 is 2.46 bits per heavy atom. The van der Waals surface area contributed by atoms with Crippen LogP contribution in [0.4, 0.5) is 0 Å². The molecule has 0 spiro atoms. The molecule has 1 atom stereocenters. The molecule has 0 aliphatic carbocycles. The first-order chi connectivity index (χ1) is 6.24. The van der Waals surface area contributed by atoms with Crippen molar-refractivity contribution >= 4 is 0 Å². The monoisotopic (exact) mass is 182 g/mol. The van der Waals surface area contributed by atoms with Crippen molar-refractivity contribution in [3.8, 4) is 0 Å². The third-order valence-electron chi connectivity index (χ3n) is 1.94. The Morgan fingerprint density at radius 1 is 1.69 bits per heavy atom. The first-order valence-corrected chi connectivity index (χ1v) is 4.69. The van der Waals surface area contributed by atoms with Gasteiger partial charge in [-0.1, -0.05) is 6.92 Å². The second kappa shape index (κ2) is 4.99. The van der Waals surface area contributed by atoms with Crippen molar-refractivity contribution in [3.63, 3.8) is 0 Å². The minimum Gasteiger partial charge on any atom is -0.323 e. The highest BCUT2D eigenvalue weighted by Crippen LogP contribution is 2.06. The van der Waals surface area contributed by atoms with E-state index in [1.807, 2.05) is 19.4 Å². The minimum absolute atomic E-state index is 0.0558. The van der Waals surface area contributed by atoms with Crippen LogP contribution < -0.4 is 11.1 Å². The van der Waals surface area contributed by atoms with Crippen molar-refractivity contribution < 1.29 is 0 Å². The highest BCUT2D eigenvalue weighted by atomic mass is 15.2. The van der Waals surface area contributed by atoms with Crippen LogP contribution in [-0.4, -0.2) is 22.9 Å². The molecule has 74 valence electrons. The van der Waals surface area contributed by atoms with Crippen LogP contribution >= 0.6 is 0 Å². The van der Waals surface area contributed by atoms with Gasteiger partial charge >= 0.3 is 0 Å². The Balaban J connectivity index is 2.35. The van der Waals surface area contributed by atoms with Gasteiger partial charge in [0.05, 0.1) is 6.20 Å². The Labute approximate surface area is 79.1 Å². The number of nitrogens with one attached hydrogen (secondary N) is 1. The van der Waals surface area contributed by atoms with Gasteiger partial charge in [-0.2, -0.15) is 5.10 Å². The van der Waals surface area contributed by atoms with Gasteiger partial charge in [0.15, 0.2) is 0 Å². The van der Waals surface area contributed by atoms with Crippen molar-refractivity contribution in [3.05, 3.63) is 18.0 Å². The van der Waals surface area contributed by atoms with Gasteiger partial charge in [-0.05, 0) is 13.0 Å². The number of nitrogens with zero attached hydrogens (tertiary/aromatic N) is 2. The van der Waals surface area contributed by atoms with E-state index in [9.17, 15) is 0 Å². The van der Waals surface area contributed by atoms with Gasteiger partial charge in [-0.15, -0.1) is 0 Å². The van der Waals surface area contributed by atoms with E-state index < -0.39 is 0 Å². The summed E-state index contributed by atoms with van der Waals surface area (Å²) in [7, 11) is 1.90. The van der Waals surface area contributed by atoms with E-state index in [0.29, 0.717) is 0 Å². The van der Waals surface area contributed by atoms with Gasteiger partial charge < -0.3 is 11.1 Å². The Kier molecular flexibility index (Phi) is 3.92. The average molecular weight is 182 g/mol. The van der Waals surface area contributed by atoms with Gasteiger partial charge in [0.2, 0.25) is 0 Å². The second-order valence-electron chi connectivity index (χ2n) is 3.26. The molecule has 0 saturated heterocycles. The summed E-state index contributed by atoms with van der Waals surface area (Å²) in [6.45, 7) is 3.98. The summed E-state index contributed by atoms with van der Waals surface area (Å²) in [5.41, 5.74) is 7.02.